The Labute approximate surface area is 185 Å². The smallest absolute Gasteiger partial charge is 0.341 e. The van der Waals surface area contributed by atoms with Gasteiger partial charge in [-0.1, -0.05) is 0 Å². The number of fused-ring (bicyclic) bond motifs is 1. The second-order valence-corrected chi connectivity index (χ2v) is 7.97. The molecule has 1 aliphatic rings. The number of carbonyl (C=O) groups excluding carboxylic acids is 2. The van der Waals surface area contributed by atoms with Gasteiger partial charge in [-0.15, -0.1) is 11.3 Å². The fourth-order valence-electron chi connectivity index (χ4n) is 3.49. The van der Waals surface area contributed by atoms with Gasteiger partial charge in [-0.25, -0.2) is 4.79 Å². The predicted molar refractivity (Wildman–Crippen MR) is 119 cm³/mol. The molecule has 0 radical (unpaired) electrons. The van der Waals surface area contributed by atoms with Gasteiger partial charge in [0.2, 0.25) is 0 Å². The zero-order valence-corrected chi connectivity index (χ0v) is 18.6. The zero-order valence-electron chi connectivity index (χ0n) is 17.7. The zero-order chi connectivity index (χ0) is 22.4. The summed E-state index contributed by atoms with van der Waals surface area (Å²) in [5.41, 5.74) is 1.81. The van der Waals surface area contributed by atoms with Gasteiger partial charge in [0.15, 0.2) is 0 Å². The van der Waals surface area contributed by atoms with Crippen molar-refractivity contribution >= 4 is 34.3 Å². The summed E-state index contributed by atoms with van der Waals surface area (Å²) in [5, 5.41) is 12.8. The van der Waals surface area contributed by atoms with Crippen LogP contribution in [-0.4, -0.2) is 32.7 Å². The minimum atomic E-state index is -0.593. The Balaban J connectivity index is 1.93. The lowest BCUT2D eigenvalue weighted by Gasteiger charge is -2.12. The monoisotopic (exact) mass is 440 g/mol. The Morgan fingerprint density at radius 2 is 2.00 bits per heavy atom. The molecule has 0 bridgehead atoms. The number of amides is 1. The van der Waals surface area contributed by atoms with Gasteiger partial charge in [0.25, 0.3) is 5.91 Å². The lowest BCUT2D eigenvalue weighted by Crippen LogP contribution is -2.16. The van der Waals surface area contributed by atoms with Gasteiger partial charge in [-0.05, 0) is 56.4 Å². The summed E-state index contributed by atoms with van der Waals surface area (Å²) in [6.45, 7) is 1.99. The van der Waals surface area contributed by atoms with Crippen LogP contribution in [0.5, 0.6) is 11.5 Å². The van der Waals surface area contributed by atoms with Crippen LogP contribution >= 0.6 is 11.3 Å². The van der Waals surface area contributed by atoms with E-state index in [4.69, 9.17) is 14.2 Å². The first-order chi connectivity index (χ1) is 15.0. The van der Waals surface area contributed by atoms with Crippen LogP contribution in [0.3, 0.4) is 0 Å². The molecule has 0 unspecified atom stereocenters. The molecule has 31 heavy (non-hydrogen) atoms. The van der Waals surface area contributed by atoms with Crippen molar-refractivity contribution in [2.24, 2.45) is 0 Å². The molecular formula is C23H24N2O5S. The standard InChI is InChI=1S/C23H24N2O5S/c1-4-30-23(27)20-17-7-5-6-8-19(17)31-22(20)25-21(26)15(13-24)11-14-9-10-16(28-2)12-18(14)29-3/h9-12H,4-8H2,1-3H3,(H,25,26). The normalized spacial score (nSPS) is 13.0. The van der Waals surface area contributed by atoms with Crippen LogP contribution < -0.4 is 14.8 Å². The highest BCUT2D eigenvalue weighted by Crippen LogP contribution is 2.39. The molecular weight excluding hydrogens is 416 g/mol. The number of anilines is 1. The number of hydrogen-bond acceptors (Lipinski definition) is 7. The summed E-state index contributed by atoms with van der Waals surface area (Å²) in [5.74, 6) is 0.0277. The predicted octanol–water partition coefficient (Wildman–Crippen LogP) is 4.37. The molecule has 0 fully saturated rings. The second-order valence-electron chi connectivity index (χ2n) is 6.87. The number of aryl methyl sites for hydroxylation is 1. The van der Waals surface area contributed by atoms with E-state index in [0.717, 1.165) is 36.1 Å². The number of ether oxygens (including phenoxy) is 3. The number of nitrogens with one attached hydrogen (secondary N) is 1. The minimum absolute atomic E-state index is 0.107. The molecule has 0 spiro atoms. The SMILES string of the molecule is CCOC(=O)c1c(NC(=O)C(C#N)=Cc2ccc(OC)cc2OC)sc2c1CCCC2. The molecule has 2 aromatic rings. The van der Waals surface area contributed by atoms with E-state index in [9.17, 15) is 14.9 Å². The van der Waals surface area contributed by atoms with E-state index in [1.165, 1.54) is 24.5 Å². The van der Waals surface area contributed by atoms with Crippen LogP contribution in [0.15, 0.2) is 23.8 Å². The van der Waals surface area contributed by atoms with Crippen LogP contribution in [0.1, 0.15) is 46.1 Å². The number of esters is 1. The molecule has 0 aliphatic heterocycles. The number of methoxy groups -OCH3 is 2. The number of nitrogens with zero attached hydrogens (tertiary/aromatic N) is 1. The Morgan fingerprint density at radius 1 is 1.23 bits per heavy atom. The van der Waals surface area contributed by atoms with Gasteiger partial charge in [0, 0.05) is 16.5 Å². The van der Waals surface area contributed by atoms with Crippen molar-refractivity contribution < 1.29 is 23.8 Å². The fourth-order valence-corrected chi connectivity index (χ4v) is 4.76. The summed E-state index contributed by atoms with van der Waals surface area (Å²) in [4.78, 5) is 26.6. The summed E-state index contributed by atoms with van der Waals surface area (Å²) < 4.78 is 15.7. The molecule has 1 aliphatic carbocycles. The molecule has 1 aromatic heterocycles. The Morgan fingerprint density at radius 3 is 2.68 bits per heavy atom. The maximum atomic E-state index is 12.9. The summed E-state index contributed by atoms with van der Waals surface area (Å²) in [7, 11) is 3.04. The third-order valence-electron chi connectivity index (χ3n) is 4.98. The Kier molecular flexibility index (Phi) is 7.32. The summed E-state index contributed by atoms with van der Waals surface area (Å²) >= 11 is 1.38. The van der Waals surface area contributed by atoms with Crippen molar-refractivity contribution in [2.45, 2.75) is 32.6 Å². The fraction of sp³-hybridized carbons (Fsp3) is 0.348. The first-order valence-corrected chi connectivity index (χ1v) is 10.8. The first-order valence-electron chi connectivity index (χ1n) is 9.99. The number of carbonyl (C=O) groups is 2. The van der Waals surface area contributed by atoms with Gasteiger partial charge < -0.3 is 19.5 Å². The van der Waals surface area contributed by atoms with E-state index in [1.807, 2.05) is 6.07 Å². The molecule has 8 heteroatoms. The third kappa shape index (κ3) is 4.89. The molecule has 0 saturated heterocycles. The van der Waals surface area contributed by atoms with Crippen LogP contribution in [-0.2, 0) is 22.4 Å². The third-order valence-corrected chi connectivity index (χ3v) is 6.19. The Hall–Kier alpha value is -3.31. The van der Waals surface area contributed by atoms with E-state index >= 15 is 0 Å². The highest BCUT2D eigenvalue weighted by atomic mass is 32.1. The number of rotatable bonds is 7. The van der Waals surface area contributed by atoms with Crippen LogP contribution in [0.25, 0.3) is 6.08 Å². The van der Waals surface area contributed by atoms with Crippen LogP contribution in [0, 0.1) is 11.3 Å². The molecule has 7 nitrogen and oxygen atoms in total. The topological polar surface area (TPSA) is 97.7 Å². The molecule has 0 atom stereocenters. The van der Waals surface area contributed by atoms with E-state index < -0.39 is 11.9 Å². The molecule has 0 saturated carbocycles. The van der Waals surface area contributed by atoms with Gasteiger partial charge in [0.05, 0.1) is 26.4 Å². The van der Waals surface area contributed by atoms with Gasteiger partial charge >= 0.3 is 5.97 Å². The van der Waals surface area contributed by atoms with Gasteiger partial charge in [0.1, 0.15) is 28.1 Å². The lowest BCUT2D eigenvalue weighted by atomic mass is 9.95. The minimum Gasteiger partial charge on any atom is -0.497 e. The van der Waals surface area contributed by atoms with Crippen molar-refractivity contribution in [3.8, 4) is 17.6 Å². The van der Waals surface area contributed by atoms with Crippen LogP contribution in [0.2, 0.25) is 0 Å². The summed E-state index contributed by atoms with van der Waals surface area (Å²) in [6.07, 6.45) is 5.13. The van der Waals surface area contributed by atoms with Gasteiger partial charge in [-0.2, -0.15) is 5.26 Å². The quantitative estimate of drug-likeness (QED) is 0.390. The van der Waals surface area contributed by atoms with Crippen molar-refractivity contribution in [3.05, 3.63) is 45.3 Å². The molecule has 1 N–H and O–H groups in total. The highest BCUT2D eigenvalue weighted by molar-refractivity contribution is 7.17. The number of nitriles is 1. The van der Waals surface area contributed by atoms with Crippen molar-refractivity contribution in [2.75, 3.05) is 26.1 Å². The van der Waals surface area contributed by atoms with E-state index in [0.29, 0.717) is 27.6 Å². The van der Waals surface area contributed by atoms with Crippen molar-refractivity contribution in [1.29, 1.82) is 5.26 Å². The van der Waals surface area contributed by atoms with Crippen molar-refractivity contribution in [3.63, 3.8) is 0 Å². The average molecular weight is 441 g/mol. The van der Waals surface area contributed by atoms with E-state index in [-0.39, 0.29) is 12.2 Å². The molecule has 1 heterocycles. The van der Waals surface area contributed by atoms with E-state index in [2.05, 4.69) is 5.32 Å². The maximum absolute atomic E-state index is 12.9. The second kappa shape index (κ2) is 10.1. The largest absolute Gasteiger partial charge is 0.497 e. The van der Waals surface area contributed by atoms with Crippen LogP contribution in [0.4, 0.5) is 5.00 Å². The lowest BCUT2D eigenvalue weighted by molar-refractivity contribution is -0.112. The number of benzene rings is 1. The average Bonchev–Trinajstić information content (AvgIpc) is 3.15. The van der Waals surface area contributed by atoms with Crippen molar-refractivity contribution in [1.82, 2.24) is 0 Å². The highest BCUT2D eigenvalue weighted by Gasteiger charge is 2.27. The first kappa shape index (κ1) is 22.4. The number of thiophene rings is 1. The molecule has 1 amide bonds. The Bertz CT molecular complexity index is 1060. The van der Waals surface area contributed by atoms with Gasteiger partial charge in [-0.3, -0.25) is 4.79 Å². The molecule has 3 rings (SSSR count). The maximum Gasteiger partial charge on any atom is 0.341 e. The molecule has 1 aromatic carbocycles. The summed E-state index contributed by atoms with van der Waals surface area (Å²) in [6, 6.07) is 7.03. The van der Waals surface area contributed by atoms with E-state index in [1.54, 1.807) is 32.2 Å². The number of hydrogen-bond donors (Lipinski definition) is 1. The molecule has 162 valence electrons.